The fourth-order valence-corrected chi connectivity index (χ4v) is 4.33. The van der Waals surface area contributed by atoms with Gasteiger partial charge >= 0.3 is 0 Å². The molecule has 2 unspecified atom stereocenters. The SMILES string of the molecule is C=CCCc1cnc2[nH]ccc2c1.C=CNC(c1ccccc1)c1ccc(C(N)N)cc1.CN1CCC(F)C1. The molecule has 5 rings (SSSR count). The topological polar surface area (TPSA) is 96.0 Å². The summed E-state index contributed by atoms with van der Waals surface area (Å²) in [6.45, 7) is 9.02. The highest BCUT2D eigenvalue weighted by atomic mass is 19.1. The number of hydrogen-bond donors (Lipinski definition) is 4. The molecule has 1 saturated heterocycles. The number of halogens is 1. The third-order valence-corrected chi connectivity index (χ3v) is 6.50. The van der Waals surface area contributed by atoms with E-state index < -0.39 is 12.3 Å². The van der Waals surface area contributed by atoms with Crippen molar-refractivity contribution in [3.8, 4) is 0 Å². The number of aromatic nitrogens is 2. The van der Waals surface area contributed by atoms with Gasteiger partial charge in [0.25, 0.3) is 0 Å². The van der Waals surface area contributed by atoms with E-state index in [1.165, 1.54) is 16.5 Å². The lowest BCUT2D eigenvalue weighted by atomic mass is 9.97. The largest absolute Gasteiger partial charge is 0.381 e. The van der Waals surface area contributed by atoms with Crippen molar-refractivity contribution in [1.82, 2.24) is 20.2 Å². The molecule has 7 heteroatoms. The molecule has 0 amide bonds. The number of alkyl halides is 1. The number of aryl methyl sites for hydroxylation is 1. The van der Waals surface area contributed by atoms with Crippen molar-refractivity contribution in [3.05, 3.63) is 127 Å². The van der Waals surface area contributed by atoms with Gasteiger partial charge in [-0.1, -0.05) is 67.3 Å². The molecular formula is C32H41FN6. The van der Waals surface area contributed by atoms with Crippen LogP contribution < -0.4 is 16.8 Å². The molecule has 3 heterocycles. The Morgan fingerprint density at radius 3 is 2.33 bits per heavy atom. The van der Waals surface area contributed by atoms with E-state index in [2.05, 4.69) is 46.6 Å². The lowest BCUT2D eigenvalue weighted by Gasteiger charge is -2.19. The molecule has 39 heavy (non-hydrogen) atoms. The average Bonchev–Trinajstić information content (AvgIpc) is 3.59. The number of hydrogen-bond acceptors (Lipinski definition) is 5. The molecule has 4 aromatic rings. The van der Waals surface area contributed by atoms with E-state index in [1.807, 2.05) is 78.9 Å². The molecule has 0 saturated carbocycles. The minimum absolute atomic E-state index is 0.0850. The Hall–Kier alpha value is -3.78. The zero-order chi connectivity index (χ0) is 28.0. The van der Waals surface area contributed by atoms with Crippen LogP contribution in [0.5, 0.6) is 0 Å². The molecule has 0 aliphatic carbocycles. The van der Waals surface area contributed by atoms with Gasteiger partial charge in [0.1, 0.15) is 11.8 Å². The Balaban J connectivity index is 0.000000180. The zero-order valence-corrected chi connectivity index (χ0v) is 22.8. The van der Waals surface area contributed by atoms with Crippen LogP contribution in [0.15, 0.2) is 105 Å². The lowest BCUT2D eigenvalue weighted by molar-refractivity contribution is 0.321. The summed E-state index contributed by atoms with van der Waals surface area (Å²) in [6, 6.07) is 22.5. The quantitative estimate of drug-likeness (QED) is 0.172. The van der Waals surface area contributed by atoms with Crippen LogP contribution in [0.1, 0.15) is 47.3 Å². The Bertz CT molecular complexity index is 1260. The maximum Gasteiger partial charge on any atom is 0.137 e. The number of likely N-dealkylation sites (tertiary alicyclic amines) is 1. The normalized spacial score (nSPS) is 15.6. The molecule has 206 valence electrons. The summed E-state index contributed by atoms with van der Waals surface area (Å²) in [6.07, 6.45) is 9.26. The molecule has 2 aromatic carbocycles. The molecule has 0 spiro atoms. The van der Waals surface area contributed by atoms with Crippen LogP contribution in [0, 0.1) is 0 Å². The van der Waals surface area contributed by atoms with Gasteiger partial charge in [0.15, 0.2) is 0 Å². The highest BCUT2D eigenvalue weighted by Crippen LogP contribution is 2.23. The Morgan fingerprint density at radius 1 is 1.08 bits per heavy atom. The van der Waals surface area contributed by atoms with Crippen LogP contribution in [0.4, 0.5) is 4.39 Å². The second-order valence-electron chi connectivity index (χ2n) is 9.64. The van der Waals surface area contributed by atoms with Gasteiger partial charge in [-0.25, -0.2) is 9.37 Å². The van der Waals surface area contributed by atoms with Crippen LogP contribution in [0.3, 0.4) is 0 Å². The van der Waals surface area contributed by atoms with Crippen LogP contribution >= 0.6 is 0 Å². The summed E-state index contributed by atoms with van der Waals surface area (Å²) in [5.74, 6) is 0. The molecular weight excluding hydrogens is 487 g/mol. The summed E-state index contributed by atoms with van der Waals surface area (Å²) in [4.78, 5) is 9.38. The van der Waals surface area contributed by atoms with Gasteiger partial charge < -0.3 is 26.7 Å². The number of nitrogens with two attached hydrogens (primary N) is 2. The number of nitrogens with zero attached hydrogens (tertiary/aromatic N) is 2. The van der Waals surface area contributed by atoms with Gasteiger partial charge in [-0.05, 0) is 66.9 Å². The van der Waals surface area contributed by atoms with E-state index in [0.29, 0.717) is 6.54 Å². The van der Waals surface area contributed by atoms with Gasteiger partial charge in [-0.2, -0.15) is 0 Å². The van der Waals surface area contributed by atoms with E-state index in [4.69, 9.17) is 11.5 Å². The highest BCUT2D eigenvalue weighted by Gasteiger charge is 2.17. The van der Waals surface area contributed by atoms with Crippen molar-refractivity contribution in [2.75, 3.05) is 20.1 Å². The van der Waals surface area contributed by atoms with Crippen LogP contribution in [-0.2, 0) is 6.42 Å². The molecule has 1 aliphatic heterocycles. The number of nitrogens with one attached hydrogen (secondary N) is 2. The highest BCUT2D eigenvalue weighted by molar-refractivity contribution is 5.75. The molecule has 1 fully saturated rings. The summed E-state index contributed by atoms with van der Waals surface area (Å²) < 4.78 is 12.1. The van der Waals surface area contributed by atoms with Gasteiger partial charge in [-0.3, -0.25) is 0 Å². The van der Waals surface area contributed by atoms with Crippen molar-refractivity contribution < 1.29 is 4.39 Å². The van der Waals surface area contributed by atoms with Crippen LogP contribution in [-0.4, -0.2) is 41.2 Å². The van der Waals surface area contributed by atoms with Gasteiger partial charge in [0, 0.05) is 30.9 Å². The molecule has 0 bridgehead atoms. The van der Waals surface area contributed by atoms with Crippen molar-refractivity contribution >= 4 is 11.0 Å². The average molecular weight is 529 g/mol. The van der Waals surface area contributed by atoms with E-state index in [-0.39, 0.29) is 6.04 Å². The van der Waals surface area contributed by atoms with Crippen molar-refractivity contribution in [1.29, 1.82) is 0 Å². The number of aromatic amines is 1. The maximum atomic E-state index is 12.1. The standard InChI is InChI=1S/C16H19N3.C11H12N2.C5H10FN/c1-2-19-15(12-6-4-3-5-7-12)13-8-10-14(11-9-13)16(17)18;1-2-3-4-9-7-10-5-6-12-11(10)13-8-9;1-7-3-2-5(6)4-7/h2-11,15-16,19H,1,17-18H2;2,5-8H,1,3-4H2,(H,12,13);5H,2-4H2,1H3. The number of H-pyrrole nitrogens is 1. The molecule has 6 nitrogen and oxygen atoms in total. The summed E-state index contributed by atoms with van der Waals surface area (Å²) in [5, 5.41) is 4.45. The van der Waals surface area contributed by atoms with Gasteiger partial charge in [-0.15, -0.1) is 6.58 Å². The van der Waals surface area contributed by atoms with E-state index in [0.717, 1.165) is 42.6 Å². The molecule has 2 atom stereocenters. The number of fused-ring (bicyclic) bond motifs is 1. The molecule has 1 aliphatic rings. The minimum atomic E-state index is -0.551. The fourth-order valence-electron chi connectivity index (χ4n) is 4.33. The first-order valence-electron chi connectivity index (χ1n) is 13.3. The summed E-state index contributed by atoms with van der Waals surface area (Å²) in [5.41, 5.74) is 16.8. The fraction of sp³-hybridized carbons (Fsp3) is 0.281. The minimum Gasteiger partial charge on any atom is -0.381 e. The summed E-state index contributed by atoms with van der Waals surface area (Å²) in [7, 11) is 1.94. The number of pyridine rings is 1. The third-order valence-electron chi connectivity index (χ3n) is 6.50. The monoisotopic (exact) mass is 528 g/mol. The Morgan fingerprint density at radius 2 is 1.77 bits per heavy atom. The van der Waals surface area contributed by atoms with Crippen molar-refractivity contribution in [3.63, 3.8) is 0 Å². The van der Waals surface area contributed by atoms with Gasteiger partial charge in [0.05, 0.1) is 12.2 Å². The first kappa shape index (κ1) is 29.8. The lowest BCUT2D eigenvalue weighted by Crippen LogP contribution is -2.20. The number of benzene rings is 2. The maximum absolute atomic E-state index is 12.1. The van der Waals surface area contributed by atoms with E-state index in [9.17, 15) is 4.39 Å². The Labute approximate surface area is 231 Å². The number of allylic oxidation sites excluding steroid dienone is 1. The van der Waals surface area contributed by atoms with Crippen molar-refractivity contribution in [2.24, 2.45) is 11.5 Å². The zero-order valence-electron chi connectivity index (χ0n) is 22.8. The predicted molar refractivity (Wildman–Crippen MR) is 161 cm³/mol. The number of rotatable bonds is 8. The Kier molecular flexibility index (Phi) is 11.9. The second-order valence-corrected chi connectivity index (χ2v) is 9.64. The van der Waals surface area contributed by atoms with Crippen LogP contribution in [0.25, 0.3) is 11.0 Å². The van der Waals surface area contributed by atoms with Crippen LogP contribution in [0.2, 0.25) is 0 Å². The first-order valence-corrected chi connectivity index (χ1v) is 13.3. The van der Waals surface area contributed by atoms with E-state index in [1.54, 1.807) is 6.20 Å². The summed E-state index contributed by atoms with van der Waals surface area (Å²) >= 11 is 0. The van der Waals surface area contributed by atoms with E-state index >= 15 is 0 Å². The third kappa shape index (κ3) is 9.48. The molecule has 2 aromatic heterocycles. The molecule has 0 radical (unpaired) electrons. The molecule has 6 N–H and O–H groups in total. The van der Waals surface area contributed by atoms with Gasteiger partial charge in [0.2, 0.25) is 0 Å². The second kappa shape index (κ2) is 15.6. The first-order chi connectivity index (χ1) is 18.9. The predicted octanol–water partition coefficient (Wildman–Crippen LogP) is 5.77. The van der Waals surface area contributed by atoms with Crippen molar-refractivity contribution in [2.45, 2.75) is 37.6 Å². The smallest absolute Gasteiger partial charge is 0.137 e.